The Kier molecular flexibility index (Phi) is 3.53. The second kappa shape index (κ2) is 4.67. The number of carbonyl (C=O) groups is 1. The molecule has 3 heteroatoms. The van der Waals surface area contributed by atoms with Crippen molar-refractivity contribution in [1.82, 2.24) is 5.32 Å². The van der Waals surface area contributed by atoms with Crippen molar-refractivity contribution >= 4 is 17.5 Å². The predicted molar refractivity (Wildman–Crippen MR) is 53.8 cm³/mol. The van der Waals surface area contributed by atoms with Gasteiger partial charge in [0, 0.05) is 10.6 Å². The zero-order valence-electron chi connectivity index (χ0n) is 7.09. The van der Waals surface area contributed by atoms with Crippen molar-refractivity contribution in [3.63, 3.8) is 0 Å². The van der Waals surface area contributed by atoms with Gasteiger partial charge < -0.3 is 5.32 Å². The highest BCUT2D eigenvalue weighted by Gasteiger charge is 2.02. The summed E-state index contributed by atoms with van der Waals surface area (Å²) in [5, 5.41) is 3.05. The molecule has 1 amide bonds. The van der Waals surface area contributed by atoms with Crippen molar-refractivity contribution in [2.75, 3.05) is 6.54 Å². The molecule has 0 atom stereocenters. The van der Waals surface area contributed by atoms with E-state index in [1.165, 1.54) is 0 Å². The van der Waals surface area contributed by atoms with E-state index in [2.05, 4.69) is 11.9 Å². The van der Waals surface area contributed by atoms with E-state index in [1.807, 2.05) is 18.2 Å². The molecule has 0 aromatic heterocycles. The molecule has 68 valence electrons. The van der Waals surface area contributed by atoms with Crippen LogP contribution in [0, 0.1) is 0 Å². The number of benzene rings is 1. The summed E-state index contributed by atoms with van der Waals surface area (Å²) >= 11 is 5.50. The Morgan fingerprint density at radius 3 is 2.54 bits per heavy atom. The van der Waals surface area contributed by atoms with Crippen molar-refractivity contribution in [3.05, 3.63) is 47.5 Å². The number of halogens is 1. The summed E-state index contributed by atoms with van der Waals surface area (Å²) in [7, 11) is 0. The highest BCUT2D eigenvalue weighted by Crippen LogP contribution is 1.99. The molecule has 0 saturated heterocycles. The zero-order chi connectivity index (χ0) is 9.68. The quantitative estimate of drug-likeness (QED) is 0.787. The number of amides is 1. The summed E-state index contributed by atoms with van der Waals surface area (Å²) in [6.45, 7) is 3.77. The van der Waals surface area contributed by atoms with Gasteiger partial charge in [-0.3, -0.25) is 4.79 Å². The summed E-state index contributed by atoms with van der Waals surface area (Å²) in [6, 6.07) is 8.96. The van der Waals surface area contributed by atoms with Gasteiger partial charge in [0.15, 0.2) is 0 Å². The van der Waals surface area contributed by atoms with Gasteiger partial charge in [-0.15, -0.1) is 0 Å². The number of carbonyl (C=O) groups excluding carboxylic acids is 1. The molecule has 13 heavy (non-hydrogen) atoms. The predicted octanol–water partition coefficient (Wildman–Crippen LogP) is 2.17. The molecule has 0 fully saturated rings. The lowest BCUT2D eigenvalue weighted by molar-refractivity contribution is 0.0957. The van der Waals surface area contributed by atoms with Crippen LogP contribution in [0.1, 0.15) is 10.4 Å². The Bertz CT molecular complexity index is 308. The third kappa shape index (κ3) is 3.30. The fraction of sp³-hybridized carbons (Fsp3) is 0.100. The normalized spacial score (nSPS) is 9.31. The van der Waals surface area contributed by atoms with Crippen LogP contribution in [0.4, 0.5) is 0 Å². The van der Waals surface area contributed by atoms with Crippen LogP contribution < -0.4 is 5.32 Å². The number of hydrogen-bond acceptors (Lipinski definition) is 1. The van der Waals surface area contributed by atoms with E-state index in [1.54, 1.807) is 12.1 Å². The molecule has 1 N–H and O–H groups in total. The van der Waals surface area contributed by atoms with Gasteiger partial charge in [-0.25, -0.2) is 0 Å². The van der Waals surface area contributed by atoms with E-state index < -0.39 is 0 Å². The van der Waals surface area contributed by atoms with Crippen molar-refractivity contribution in [2.24, 2.45) is 0 Å². The van der Waals surface area contributed by atoms with Crippen LogP contribution in [-0.4, -0.2) is 12.5 Å². The van der Waals surface area contributed by atoms with E-state index in [-0.39, 0.29) is 5.91 Å². The Morgan fingerprint density at radius 2 is 2.00 bits per heavy atom. The van der Waals surface area contributed by atoms with Crippen LogP contribution in [0.2, 0.25) is 0 Å². The van der Waals surface area contributed by atoms with E-state index in [0.717, 1.165) is 0 Å². The molecular formula is C10H10ClNO. The van der Waals surface area contributed by atoms with E-state index >= 15 is 0 Å². The summed E-state index contributed by atoms with van der Waals surface area (Å²) in [5.74, 6) is -0.137. The molecule has 0 aliphatic carbocycles. The minimum absolute atomic E-state index is 0.137. The Balaban J connectivity index is 2.54. The van der Waals surface area contributed by atoms with Gasteiger partial charge in [0.1, 0.15) is 0 Å². The first-order chi connectivity index (χ1) is 6.20. The standard InChI is InChI=1S/C10H10ClNO/c1-8(11)7-12-10(13)9-5-3-2-4-6-9/h2-6H,1,7H2,(H,12,13). The van der Waals surface area contributed by atoms with Crippen LogP contribution in [0.15, 0.2) is 41.9 Å². The maximum Gasteiger partial charge on any atom is 0.251 e. The molecular weight excluding hydrogens is 186 g/mol. The summed E-state index contributed by atoms with van der Waals surface area (Å²) in [5.41, 5.74) is 0.625. The minimum atomic E-state index is -0.137. The average molecular weight is 196 g/mol. The lowest BCUT2D eigenvalue weighted by Gasteiger charge is -2.02. The maximum absolute atomic E-state index is 11.3. The van der Waals surface area contributed by atoms with Gasteiger partial charge in [0.2, 0.25) is 0 Å². The lowest BCUT2D eigenvalue weighted by Crippen LogP contribution is -2.24. The van der Waals surface area contributed by atoms with Gasteiger partial charge in [0.25, 0.3) is 5.91 Å². The van der Waals surface area contributed by atoms with Gasteiger partial charge in [0.05, 0.1) is 6.54 Å². The topological polar surface area (TPSA) is 29.1 Å². The SMILES string of the molecule is C=C(Cl)CNC(=O)c1ccccc1. The largest absolute Gasteiger partial charge is 0.347 e. The molecule has 0 radical (unpaired) electrons. The number of nitrogens with one attached hydrogen (secondary N) is 1. The highest BCUT2D eigenvalue weighted by molar-refractivity contribution is 6.29. The fourth-order valence-electron chi connectivity index (χ4n) is 0.868. The molecule has 0 unspecified atom stereocenters. The molecule has 1 aromatic carbocycles. The summed E-state index contributed by atoms with van der Waals surface area (Å²) in [4.78, 5) is 11.3. The second-order valence-electron chi connectivity index (χ2n) is 2.57. The third-order valence-electron chi connectivity index (χ3n) is 1.48. The smallest absolute Gasteiger partial charge is 0.251 e. The summed E-state index contributed by atoms with van der Waals surface area (Å²) in [6.07, 6.45) is 0. The molecule has 0 bridgehead atoms. The monoisotopic (exact) mass is 195 g/mol. The minimum Gasteiger partial charge on any atom is -0.347 e. The van der Waals surface area contributed by atoms with Gasteiger partial charge in [-0.1, -0.05) is 36.4 Å². The fourth-order valence-corrected chi connectivity index (χ4v) is 0.935. The van der Waals surface area contributed by atoms with Crippen LogP contribution in [0.5, 0.6) is 0 Å². The van der Waals surface area contributed by atoms with E-state index in [0.29, 0.717) is 17.1 Å². The van der Waals surface area contributed by atoms with Crippen molar-refractivity contribution in [2.45, 2.75) is 0 Å². The van der Waals surface area contributed by atoms with Gasteiger partial charge in [-0.05, 0) is 12.1 Å². The second-order valence-corrected chi connectivity index (χ2v) is 3.10. The van der Waals surface area contributed by atoms with Crippen molar-refractivity contribution in [3.8, 4) is 0 Å². The van der Waals surface area contributed by atoms with Crippen LogP contribution in [0.25, 0.3) is 0 Å². The van der Waals surface area contributed by atoms with Crippen LogP contribution in [-0.2, 0) is 0 Å². The molecule has 0 aliphatic rings. The Morgan fingerprint density at radius 1 is 1.38 bits per heavy atom. The number of hydrogen-bond donors (Lipinski definition) is 1. The lowest BCUT2D eigenvalue weighted by atomic mass is 10.2. The van der Waals surface area contributed by atoms with Gasteiger partial charge >= 0.3 is 0 Å². The molecule has 0 aliphatic heterocycles. The molecule has 1 rings (SSSR count). The first-order valence-corrected chi connectivity index (χ1v) is 4.24. The van der Waals surface area contributed by atoms with E-state index in [9.17, 15) is 4.79 Å². The zero-order valence-corrected chi connectivity index (χ0v) is 7.84. The molecule has 0 spiro atoms. The van der Waals surface area contributed by atoms with Crippen molar-refractivity contribution in [1.29, 1.82) is 0 Å². The molecule has 0 heterocycles. The maximum atomic E-state index is 11.3. The number of rotatable bonds is 3. The highest BCUT2D eigenvalue weighted by atomic mass is 35.5. The Labute approximate surface area is 82.2 Å². The van der Waals surface area contributed by atoms with E-state index in [4.69, 9.17) is 11.6 Å². The van der Waals surface area contributed by atoms with Gasteiger partial charge in [-0.2, -0.15) is 0 Å². The first kappa shape index (κ1) is 9.81. The van der Waals surface area contributed by atoms with Crippen LogP contribution >= 0.6 is 11.6 Å². The first-order valence-electron chi connectivity index (χ1n) is 3.86. The third-order valence-corrected chi connectivity index (χ3v) is 1.61. The molecule has 1 aromatic rings. The average Bonchev–Trinajstić information content (AvgIpc) is 2.15. The molecule has 0 saturated carbocycles. The van der Waals surface area contributed by atoms with Crippen molar-refractivity contribution < 1.29 is 4.79 Å². The molecule has 2 nitrogen and oxygen atoms in total. The Hall–Kier alpha value is -1.28. The van der Waals surface area contributed by atoms with Crippen LogP contribution in [0.3, 0.4) is 0 Å². The summed E-state index contributed by atoms with van der Waals surface area (Å²) < 4.78 is 0.